The number of carbonyl (C=O) groups excluding carboxylic acids is 1. The van der Waals surface area contributed by atoms with E-state index in [2.05, 4.69) is 11.4 Å². The molecule has 0 fully saturated rings. The van der Waals surface area contributed by atoms with Crippen molar-refractivity contribution in [1.29, 1.82) is 0 Å². The van der Waals surface area contributed by atoms with E-state index in [1.54, 1.807) is 6.07 Å². The van der Waals surface area contributed by atoms with E-state index in [0.29, 0.717) is 25.2 Å². The van der Waals surface area contributed by atoms with Gasteiger partial charge in [0.25, 0.3) is 5.91 Å². The normalized spacial score (nSPS) is 15.1. The van der Waals surface area contributed by atoms with Gasteiger partial charge in [-0.05, 0) is 51.2 Å². The highest BCUT2D eigenvalue weighted by molar-refractivity contribution is 7.88. The molecule has 0 bridgehead atoms. The number of amides is 1. The summed E-state index contributed by atoms with van der Waals surface area (Å²) in [6.45, 7) is 3.01. The largest absolute Gasteiger partial charge is 0.351 e. The van der Waals surface area contributed by atoms with Crippen LogP contribution in [0, 0.1) is 6.92 Å². The Morgan fingerprint density at radius 3 is 2.68 bits per heavy atom. The fourth-order valence-corrected chi connectivity index (χ4v) is 3.87. The Morgan fingerprint density at radius 2 is 2.04 bits per heavy atom. The van der Waals surface area contributed by atoms with Crippen LogP contribution < -0.4 is 5.32 Å². The molecule has 1 aliphatic rings. The van der Waals surface area contributed by atoms with E-state index in [9.17, 15) is 13.2 Å². The first kappa shape index (κ1) is 19.7. The predicted molar refractivity (Wildman–Crippen MR) is 101 cm³/mol. The smallest absolute Gasteiger partial charge is 0.251 e. The van der Waals surface area contributed by atoms with Crippen molar-refractivity contribution >= 4 is 15.9 Å². The summed E-state index contributed by atoms with van der Waals surface area (Å²) in [4.78, 5) is 12.1. The van der Waals surface area contributed by atoms with Crippen molar-refractivity contribution in [2.75, 3.05) is 25.9 Å². The molecule has 6 heteroatoms. The number of sulfonamides is 1. The molecule has 1 aromatic carbocycles. The Balaban J connectivity index is 1.85. The topological polar surface area (TPSA) is 66.5 Å². The number of hydrogen-bond donors (Lipinski definition) is 1. The van der Waals surface area contributed by atoms with E-state index >= 15 is 0 Å². The molecule has 0 atom stereocenters. The van der Waals surface area contributed by atoms with Crippen molar-refractivity contribution in [3.8, 4) is 0 Å². The van der Waals surface area contributed by atoms with Crippen molar-refractivity contribution < 1.29 is 13.2 Å². The molecule has 0 saturated heterocycles. The molecule has 0 spiro atoms. The Labute approximate surface area is 151 Å². The number of hydrogen-bond acceptors (Lipinski definition) is 3. The molecule has 5 nitrogen and oxygen atoms in total. The number of benzene rings is 1. The first-order chi connectivity index (χ1) is 11.9. The Hall–Kier alpha value is -1.66. The summed E-state index contributed by atoms with van der Waals surface area (Å²) in [6.07, 6.45) is 8.83. The quantitative estimate of drug-likeness (QED) is 0.721. The number of allylic oxidation sites excluding steroid dienone is 1. The molecule has 0 radical (unpaired) electrons. The molecule has 138 valence electrons. The van der Waals surface area contributed by atoms with Gasteiger partial charge in [0, 0.05) is 25.2 Å². The van der Waals surface area contributed by atoms with Crippen LogP contribution in [-0.4, -0.2) is 44.5 Å². The van der Waals surface area contributed by atoms with Crippen molar-refractivity contribution in [3.63, 3.8) is 0 Å². The summed E-state index contributed by atoms with van der Waals surface area (Å²) < 4.78 is 25.4. The van der Waals surface area contributed by atoms with Crippen LogP contribution in [0.3, 0.4) is 0 Å². The minimum absolute atomic E-state index is 0.174. The molecule has 25 heavy (non-hydrogen) atoms. The first-order valence-electron chi connectivity index (χ1n) is 8.84. The van der Waals surface area contributed by atoms with Gasteiger partial charge in [0.2, 0.25) is 10.0 Å². The van der Waals surface area contributed by atoms with E-state index in [0.717, 1.165) is 24.8 Å². The van der Waals surface area contributed by atoms with Crippen LogP contribution in [0.15, 0.2) is 35.9 Å². The number of carbonyl (C=O) groups is 1. The average Bonchev–Trinajstić information content (AvgIpc) is 2.57. The third-order valence-electron chi connectivity index (χ3n) is 4.46. The van der Waals surface area contributed by atoms with Crippen LogP contribution >= 0.6 is 0 Å². The SMILES string of the molecule is Cc1cccc(C(=O)NCCN(CCC2=CCCCC2)S(C)(=O)=O)c1. The van der Waals surface area contributed by atoms with E-state index in [1.807, 2.05) is 25.1 Å². The van der Waals surface area contributed by atoms with E-state index < -0.39 is 10.0 Å². The summed E-state index contributed by atoms with van der Waals surface area (Å²) in [5.74, 6) is -0.174. The molecule has 0 unspecified atom stereocenters. The van der Waals surface area contributed by atoms with Gasteiger partial charge in [0.1, 0.15) is 0 Å². The molecule has 2 rings (SSSR count). The Morgan fingerprint density at radius 1 is 1.24 bits per heavy atom. The molecule has 1 N–H and O–H groups in total. The molecule has 0 heterocycles. The molecule has 0 aliphatic heterocycles. The van der Waals surface area contributed by atoms with Gasteiger partial charge >= 0.3 is 0 Å². The van der Waals surface area contributed by atoms with E-state index in [-0.39, 0.29) is 5.91 Å². The molecule has 1 aliphatic carbocycles. The second kappa shape index (κ2) is 9.15. The number of rotatable bonds is 8. The molecule has 1 amide bonds. The van der Waals surface area contributed by atoms with Crippen molar-refractivity contribution in [2.24, 2.45) is 0 Å². The highest BCUT2D eigenvalue weighted by Crippen LogP contribution is 2.20. The van der Waals surface area contributed by atoms with Crippen LogP contribution in [-0.2, 0) is 10.0 Å². The first-order valence-corrected chi connectivity index (χ1v) is 10.7. The highest BCUT2D eigenvalue weighted by atomic mass is 32.2. The Bertz CT molecular complexity index is 726. The predicted octanol–water partition coefficient (Wildman–Crippen LogP) is 2.88. The third kappa shape index (κ3) is 6.63. The van der Waals surface area contributed by atoms with Gasteiger partial charge in [-0.25, -0.2) is 12.7 Å². The third-order valence-corrected chi connectivity index (χ3v) is 5.77. The van der Waals surface area contributed by atoms with Gasteiger partial charge in [-0.15, -0.1) is 0 Å². The van der Waals surface area contributed by atoms with Gasteiger partial charge in [0.15, 0.2) is 0 Å². The molecule has 1 aromatic rings. The van der Waals surface area contributed by atoms with Crippen molar-refractivity contribution in [2.45, 2.75) is 39.0 Å². The highest BCUT2D eigenvalue weighted by Gasteiger charge is 2.17. The maximum atomic E-state index is 12.1. The second-order valence-electron chi connectivity index (χ2n) is 6.65. The fourth-order valence-electron chi connectivity index (χ4n) is 3.03. The summed E-state index contributed by atoms with van der Waals surface area (Å²) in [5, 5.41) is 2.81. The van der Waals surface area contributed by atoms with Gasteiger partial charge in [-0.1, -0.05) is 29.3 Å². The number of nitrogens with one attached hydrogen (secondary N) is 1. The van der Waals surface area contributed by atoms with Crippen molar-refractivity contribution in [3.05, 3.63) is 47.0 Å². The zero-order valence-electron chi connectivity index (χ0n) is 15.1. The zero-order chi connectivity index (χ0) is 18.3. The summed E-state index contributed by atoms with van der Waals surface area (Å²) >= 11 is 0. The maximum Gasteiger partial charge on any atom is 0.251 e. The van der Waals surface area contributed by atoms with E-state index in [4.69, 9.17) is 0 Å². The molecular weight excluding hydrogens is 336 g/mol. The minimum atomic E-state index is -3.28. The summed E-state index contributed by atoms with van der Waals surface area (Å²) in [6, 6.07) is 7.35. The lowest BCUT2D eigenvalue weighted by Crippen LogP contribution is -2.38. The maximum absolute atomic E-state index is 12.1. The lowest BCUT2D eigenvalue weighted by atomic mass is 9.97. The van der Waals surface area contributed by atoms with Crippen LogP contribution in [0.1, 0.15) is 48.0 Å². The van der Waals surface area contributed by atoms with Crippen LogP contribution in [0.2, 0.25) is 0 Å². The summed E-state index contributed by atoms with van der Waals surface area (Å²) in [5.41, 5.74) is 2.97. The van der Waals surface area contributed by atoms with Crippen LogP contribution in [0.4, 0.5) is 0 Å². The van der Waals surface area contributed by atoms with Gasteiger partial charge in [0.05, 0.1) is 6.26 Å². The number of nitrogens with zero attached hydrogens (tertiary/aromatic N) is 1. The molecular formula is C19H28N2O3S. The Kier molecular flexibility index (Phi) is 7.20. The lowest BCUT2D eigenvalue weighted by molar-refractivity contribution is 0.0951. The second-order valence-corrected chi connectivity index (χ2v) is 8.63. The lowest BCUT2D eigenvalue weighted by Gasteiger charge is -2.22. The van der Waals surface area contributed by atoms with Gasteiger partial charge < -0.3 is 5.32 Å². The zero-order valence-corrected chi connectivity index (χ0v) is 15.9. The van der Waals surface area contributed by atoms with Crippen LogP contribution in [0.5, 0.6) is 0 Å². The van der Waals surface area contributed by atoms with Crippen molar-refractivity contribution in [1.82, 2.24) is 9.62 Å². The van der Waals surface area contributed by atoms with E-state index in [1.165, 1.54) is 29.0 Å². The summed E-state index contributed by atoms with van der Waals surface area (Å²) in [7, 11) is -3.28. The monoisotopic (exact) mass is 364 g/mol. The fraction of sp³-hybridized carbons (Fsp3) is 0.526. The van der Waals surface area contributed by atoms with Crippen LogP contribution in [0.25, 0.3) is 0 Å². The number of aryl methyl sites for hydroxylation is 1. The molecule has 0 aromatic heterocycles. The molecule has 0 saturated carbocycles. The van der Waals surface area contributed by atoms with Gasteiger partial charge in [-0.2, -0.15) is 0 Å². The minimum Gasteiger partial charge on any atom is -0.351 e. The average molecular weight is 365 g/mol. The van der Waals surface area contributed by atoms with Gasteiger partial charge in [-0.3, -0.25) is 4.79 Å². The standard InChI is InChI=1S/C19H28N2O3S/c1-16-7-6-10-18(15-16)19(22)20-12-14-21(25(2,23)24)13-11-17-8-4-3-5-9-17/h6-8,10,15H,3-5,9,11-14H2,1-2H3,(H,20,22).